The maximum Gasteiger partial charge on any atom is 0.268 e. The number of rotatable bonds is 4. The normalized spacial score (nSPS) is 15.1. The number of nitrogens with one attached hydrogen (secondary N) is 2. The molecule has 0 radical (unpaired) electrons. The van der Waals surface area contributed by atoms with E-state index in [4.69, 9.17) is 4.42 Å². The van der Waals surface area contributed by atoms with Gasteiger partial charge >= 0.3 is 0 Å². The summed E-state index contributed by atoms with van der Waals surface area (Å²) in [5, 5.41) is 17.2. The minimum atomic E-state index is -0.260. The molecule has 7 nitrogen and oxygen atoms in total. The van der Waals surface area contributed by atoms with Crippen molar-refractivity contribution >= 4 is 0 Å². The molecule has 0 amide bonds. The van der Waals surface area contributed by atoms with E-state index in [1.54, 1.807) is 6.07 Å². The highest BCUT2D eigenvalue weighted by molar-refractivity contribution is 5.43. The minimum Gasteiger partial charge on any atom is -0.418 e. The number of hydrogen-bond donors (Lipinski definition) is 2. The topological polar surface area (TPSA) is 96.7 Å². The van der Waals surface area contributed by atoms with E-state index in [1.807, 2.05) is 0 Å². The lowest BCUT2D eigenvalue weighted by Gasteiger charge is -1.95. The first-order valence-corrected chi connectivity index (χ1v) is 5.43. The minimum absolute atomic E-state index is 0.260. The van der Waals surface area contributed by atoms with Gasteiger partial charge in [0.2, 0.25) is 5.89 Å². The second-order valence-corrected chi connectivity index (χ2v) is 3.96. The molecule has 7 heteroatoms. The van der Waals surface area contributed by atoms with Crippen LogP contribution < -0.4 is 10.9 Å². The molecule has 0 saturated heterocycles. The zero-order chi connectivity index (χ0) is 11.7. The van der Waals surface area contributed by atoms with Crippen LogP contribution >= 0.6 is 0 Å². The number of H-pyrrole nitrogens is 1. The van der Waals surface area contributed by atoms with Crippen LogP contribution in [0.2, 0.25) is 0 Å². The van der Waals surface area contributed by atoms with Crippen molar-refractivity contribution < 1.29 is 4.42 Å². The van der Waals surface area contributed by atoms with Crippen LogP contribution in [0.1, 0.15) is 18.7 Å². The molecule has 2 heterocycles. The van der Waals surface area contributed by atoms with Gasteiger partial charge in [0.1, 0.15) is 5.69 Å². The molecule has 2 aromatic heterocycles. The predicted octanol–water partition coefficient (Wildman–Crippen LogP) is 0.0719. The summed E-state index contributed by atoms with van der Waals surface area (Å²) in [6.07, 6.45) is 2.42. The average molecular weight is 233 g/mol. The van der Waals surface area contributed by atoms with Gasteiger partial charge in [-0.2, -0.15) is 5.10 Å². The molecule has 0 aliphatic heterocycles. The lowest BCUT2D eigenvalue weighted by atomic mass is 10.4. The Morgan fingerprint density at radius 1 is 1.41 bits per heavy atom. The Morgan fingerprint density at radius 2 is 2.29 bits per heavy atom. The Labute approximate surface area is 96.3 Å². The highest BCUT2D eigenvalue weighted by Gasteiger charge is 2.21. The fourth-order valence-electron chi connectivity index (χ4n) is 1.41. The lowest BCUT2D eigenvalue weighted by Crippen LogP contribution is -2.15. The molecule has 1 aliphatic rings. The van der Waals surface area contributed by atoms with Gasteiger partial charge in [0.25, 0.3) is 11.4 Å². The summed E-state index contributed by atoms with van der Waals surface area (Å²) in [5.41, 5.74) is 0.207. The summed E-state index contributed by atoms with van der Waals surface area (Å²) in [6.45, 7) is 0.570. The van der Waals surface area contributed by atoms with Gasteiger partial charge < -0.3 is 9.73 Å². The zero-order valence-corrected chi connectivity index (χ0v) is 9.01. The summed E-state index contributed by atoms with van der Waals surface area (Å²) in [4.78, 5) is 10.8. The largest absolute Gasteiger partial charge is 0.418 e. The number of aromatic amines is 1. The molecule has 1 aliphatic carbocycles. The Bertz CT molecular complexity index is 552. The Balaban J connectivity index is 1.74. The summed E-state index contributed by atoms with van der Waals surface area (Å²) >= 11 is 0. The van der Waals surface area contributed by atoms with Gasteiger partial charge in [0.05, 0.1) is 6.54 Å². The summed E-state index contributed by atoms with van der Waals surface area (Å²) < 4.78 is 5.42. The molecule has 3 rings (SSSR count). The average Bonchev–Trinajstić information content (AvgIpc) is 3.06. The van der Waals surface area contributed by atoms with Crippen molar-refractivity contribution in [3.05, 3.63) is 28.4 Å². The van der Waals surface area contributed by atoms with E-state index < -0.39 is 0 Å². The maximum atomic E-state index is 10.8. The summed E-state index contributed by atoms with van der Waals surface area (Å²) in [7, 11) is 0. The van der Waals surface area contributed by atoms with Crippen LogP contribution in [0.5, 0.6) is 0 Å². The van der Waals surface area contributed by atoms with Gasteiger partial charge in [0, 0.05) is 12.1 Å². The van der Waals surface area contributed by atoms with Crippen molar-refractivity contribution in [1.82, 2.24) is 25.7 Å². The third kappa shape index (κ3) is 2.39. The Kier molecular flexibility index (Phi) is 2.45. The molecule has 1 saturated carbocycles. The fourth-order valence-corrected chi connectivity index (χ4v) is 1.41. The fraction of sp³-hybridized carbons (Fsp3) is 0.400. The molecule has 0 aromatic carbocycles. The van der Waals surface area contributed by atoms with Gasteiger partial charge in [-0.15, -0.1) is 10.2 Å². The second-order valence-electron chi connectivity index (χ2n) is 3.96. The van der Waals surface area contributed by atoms with Gasteiger partial charge in [-0.1, -0.05) is 0 Å². The van der Waals surface area contributed by atoms with E-state index >= 15 is 0 Å². The maximum absolute atomic E-state index is 10.8. The van der Waals surface area contributed by atoms with Gasteiger partial charge in [-0.3, -0.25) is 4.79 Å². The van der Waals surface area contributed by atoms with Gasteiger partial charge in [0.15, 0.2) is 0 Å². The number of hydrogen-bond acceptors (Lipinski definition) is 6. The molecular weight excluding hydrogens is 222 g/mol. The zero-order valence-electron chi connectivity index (χ0n) is 9.01. The SMILES string of the molecule is O=c1ccc(-c2nnc(CNC3CC3)o2)n[nH]1. The monoisotopic (exact) mass is 233 g/mol. The molecule has 0 unspecified atom stereocenters. The van der Waals surface area contributed by atoms with E-state index in [0.717, 1.165) is 0 Å². The molecule has 1 fully saturated rings. The van der Waals surface area contributed by atoms with Crippen molar-refractivity contribution in [2.75, 3.05) is 0 Å². The predicted molar refractivity (Wildman–Crippen MR) is 58.0 cm³/mol. The van der Waals surface area contributed by atoms with E-state index in [1.165, 1.54) is 18.9 Å². The quantitative estimate of drug-likeness (QED) is 0.775. The molecule has 2 N–H and O–H groups in total. The third-order valence-electron chi connectivity index (χ3n) is 2.48. The molecule has 17 heavy (non-hydrogen) atoms. The standard InChI is InChI=1S/C10H11N5O2/c16-8-4-3-7(12-13-8)10-15-14-9(17-10)5-11-6-1-2-6/h3-4,6,11H,1-2,5H2,(H,13,16). The first-order valence-electron chi connectivity index (χ1n) is 5.43. The van der Waals surface area contributed by atoms with Crippen LogP contribution in [-0.2, 0) is 6.54 Å². The van der Waals surface area contributed by atoms with Gasteiger partial charge in [-0.05, 0) is 18.9 Å². The number of aromatic nitrogens is 4. The molecule has 88 valence electrons. The van der Waals surface area contributed by atoms with Crippen LogP contribution in [0.15, 0.2) is 21.3 Å². The van der Waals surface area contributed by atoms with Crippen molar-refractivity contribution in [3.8, 4) is 11.6 Å². The smallest absolute Gasteiger partial charge is 0.268 e. The lowest BCUT2D eigenvalue weighted by molar-refractivity contribution is 0.475. The van der Waals surface area contributed by atoms with E-state index in [2.05, 4.69) is 25.7 Å². The molecule has 0 atom stereocenters. The molecule has 0 spiro atoms. The van der Waals surface area contributed by atoms with Crippen LogP contribution in [0, 0.1) is 0 Å². The van der Waals surface area contributed by atoms with E-state index in [-0.39, 0.29) is 5.56 Å². The first kappa shape index (κ1) is 10.2. The highest BCUT2D eigenvalue weighted by Crippen LogP contribution is 2.19. The van der Waals surface area contributed by atoms with E-state index in [9.17, 15) is 4.79 Å². The summed E-state index contributed by atoms with van der Waals surface area (Å²) in [6, 6.07) is 3.51. The number of nitrogens with zero attached hydrogens (tertiary/aromatic N) is 3. The molecule has 2 aromatic rings. The van der Waals surface area contributed by atoms with Crippen molar-refractivity contribution in [2.45, 2.75) is 25.4 Å². The van der Waals surface area contributed by atoms with E-state index in [0.29, 0.717) is 30.1 Å². The third-order valence-corrected chi connectivity index (χ3v) is 2.48. The van der Waals surface area contributed by atoms with Crippen molar-refractivity contribution in [2.24, 2.45) is 0 Å². The second kappa shape index (κ2) is 4.10. The van der Waals surface area contributed by atoms with Gasteiger partial charge in [-0.25, -0.2) is 5.10 Å². The first-order chi connectivity index (χ1) is 8.31. The molecular formula is C10H11N5O2. The summed E-state index contributed by atoms with van der Waals surface area (Å²) in [5.74, 6) is 0.841. The Hall–Kier alpha value is -2.02. The van der Waals surface area contributed by atoms with Crippen LogP contribution in [0.25, 0.3) is 11.6 Å². The van der Waals surface area contributed by atoms with Crippen LogP contribution in [0.3, 0.4) is 0 Å². The van der Waals surface area contributed by atoms with Crippen molar-refractivity contribution in [3.63, 3.8) is 0 Å². The highest BCUT2D eigenvalue weighted by atomic mass is 16.4. The molecule has 0 bridgehead atoms. The van der Waals surface area contributed by atoms with Crippen LogP contribution in [-0.4, -0.2) is 26.4 Å². The van der Waals surface area contributed by atoms with Crippen LogP contribution in [0.4, 0.5) is 0 Å². The van der Waals surface area contributed by atoms with Crippen molar-refractivity contribution in [1.29, 1.82) is 0 Å². The Morgan fingerprint density at radius 3 is 3.00 bits per heavy atom.